The number of halogens is 1. The predicted molar refractivity (Wildman–Crippen MR) is 64.6 cm³/mol. The molecule has 0 radical (unpaired) electrons. The Kier molecular flexibility index (Phi) is 5.52. The third-order valence-corrected chi connectivity index (χ3v) is 3.39. The average molecular weight is 249 g/mol. The van der Waals surface area contributed by atoms with E-state index >= 15 is 0 Å². The Bertz CT molecular complexity index is 232. The van der Waals surface area contributed by atoms with Gasteiger partial charge in [-0.05, 0) is 32.1 Å². The lowest BCUT2D eigenvalue weighted by Crippen LogP contribution is -2.46. The van der Waals surface area contributed by atoms with Gasteiger partial charge in [-0.3, -0.25) is 4.79 Å². The molecule has 2 aliphatic heterocycles. The lowest BCUT2D eigenvalue weighted by molar-refractivity contribution is -0.147. The van der Waals surface area contributed by atoms with Gasteiger partial charge in [0.25, 0.3) is 5.91 Å². The summed E-state index contributed by atoms with van der Waals surface area (Å²) in [7, 11) is 0. The number of amides is 1. The third-order valence-electron chi connectivity index (χ3n) is 3.39. The summed E-state index contributed by atoms with van der Waals surface area (Å²) in [6.45, 7) is 2.18. The number of carbonyl (C=O) groups excluding carboxylic acids is 1. The minimum absolute atomic E-state index is 0. The first-order valence-electron chi connectivity index (χ1n) is 5.95. The Balaban J connectivity index is 0.00000128. The van der Waals surface area contributed by atoms with Crippen LogP contribution in [0.4, 0.5) is 0 Å². The highest BCUT2D eigenvalue weighted by Crippen LogP contribution is 2.21. The Hall–Kier alpha value is -0.320. The van der Waals surface area contributed by atoms with Gasteiger partial charge in [-0.15, -0.1) is 12.4 Å². The summed E-state index contributed by atoms with van der Waals surface area (Å²) in [6, 6.07) is 0.253. The fourth-order valence-electron chi connectivity index (χ4n) is 2.49. The van der Waals surface area contributed by atoms with Crippen LogP contribution >= 0.6 is 12.4 Å². The molecular formula is C11H21ClN2O2. The minimum Gasteiger partial charge on any atom is -0.368 e. The van der Waals surface area contributed by atoms with Crippen LogP contribution in [-0.4, -0.2) is 42.6 Å². The molecule has 2 heterocycles. The number of ether oxygens (including phenoxy) is 1. The molecule has 2 rings (SSSR count). The normalized spacial score (nSPS) is 29.9. The van der Waals surface area contributed by atoms with Crippen LogP contribution in [0.25, 0.3) is 0 Å². The molecule has 1 amide bonds. The van der Waals surface area contributed by atoms with Crippen molar-refractivity contribution in [2.75, 3.05) is 19.7 Å². The number of rotatable bonds is 2. The second-order valence-electron chi connectivity index (χ2n) is 4.42. The highest BCUT2D eigenvalue weighted by molar-refractivity contribution is 5.85. The maximum absolute atomic E-state index is 12.1. The van der Waals surface area contributed by atoms with Crippen LogP contribution in [0, 0.1) is 0 Å². The van der Waals surface area contributed by atoms with E-state index in [1.54, 1.807) is 0 Å². The number of hydrogen-bond donors (Lipinski definition) is 1. The topological polar surface area (TPSA) is 55.6 Å². The van der Waals surface area contributed by atoms with Gasteiger partial charge in [-0.25, -0.2) is 0 Å². The molecular weight excluding hydrogens is 228 g/mol. The van der Waals surface area contributed by atoms with Gasteiger partial charge in [-0.1, -0.05) is 0 Å². The van der Waals surface area contributed by atoms with Gasteiger partial charge in [-0.2, -0.15) is 0 Å². The first-order valence-corrected chi connectivity index (χ1v) is 5.95. The van der Waals surface area contributed by atoms with Crippen LogP contribution in [0.1, 0.15) is 32.1 Å². The zero-order valence-electron chi connectivity index (χ0n) is 9.56. The van der Waals surface area contributed by atoms with E-state index in [0.29, 0.717) is 6.54 Å². The molecule has 0 aliphatic carbocycles. The second-order valence-corrected chi connectivity index (χ2v) is 4.42. The minimum atomic E-state index is -0.189. The lowest BCUT2D eigenvalue weighted by Gasteiger charge is -2.30. The van der Waals surface area contributed by atoms with E-state index in [1.165, 1.54) is 0 Å². The van der Waals surface area contributed by atoms with Gasteiger partial charge >= 0.3 is 0 Å². The van der Waals surface area contributed by atoms with E-state index in [9.17, 15) is 4.79 Å². The van der Waals surface area contributed by atoms with Crippen molar-refractivity contribution >= 4 is 18.3 Å². The number of hydrogen-bond acceptors (Lipinski definition) is 3. The summed E-state index contributed by atoms with van der Waals surface area (Å²) < 4.78 is 5.51. The highest BCUT2D eigenvalue weighted by Gasteiger charge is 2.33. The molecule has 0 aromatic heterocycles. The molecule has 2 unspecified atom stereocenters. The van der Waals surface area contributed by atoms with Crippen LogP contribution in [0.15, 0.2) is 0 Å². The van der Waals surface area contributed by atoms with Crippen molar-refractivity contribution in [3.8, 4) is 0 Å². The number of nitrogens with two attached hydrogens (primary N) is 1. The molecule has 2 saturated heterocycles. The summed E-state index contributed by atoms with van der Waals surface area (Å²) in [5.41, 5.74) is 5.66. The maximum atomic E-state index is 12.1. The molecule has 5 heteroatoms. The molecule has 2 fully saturated rings. The monoisotopic (exact) mass is 248 g/mol. The standard InChI is InChI=1S/C11H20N2O2.ClH/c12-8-9-4-3-6-13(9)11(14)10-5-1-2-7-15-10;/h9-10H,1-8,12H2;1H. The zero-order chi connectivity index (χ0) is 10.7. The summed E-state index contributed by atoms with van der Waals surface area (Å²) in [6.07, 6.45) is 5.02. The summed E-state index contributed by atoms with van der Waals surface area (Å²) >= 11 is 0. The molecule has 16 heavy (non-hydrogen) atoms. The molecule has 4 nitrogen and oxygen atoms in total. The number of likely N-dealkylation sites (tertiary alicyclic amines) is 1. The molecule has 2 atom stereocenters. The van der Waals surface area contributed by atoms with Gasteiger partial charge in [0.1, 0.15) is 6.10 Å². The quantitative estimate of drug-likeness (QED) is 0.791. The second kappa shape index (κ2) is 6.42. The third kappa shape index (κ3) is 2.87. The number of carbonyl (C=O) groups is 1. The van der Waals surface area contributed by atoms with Gasteiger partial charge < -0.3 is 15.4 Å². The molecule has 0 aromatic rings. The van der Waals surface area contributed by atoms with E-state index in [0.717, 1.165) is 45.3 Å². The Morgan fingerprint density at radius 1 is 1.31 bits per heavy atom. The van der Waals surface area contributed by atoms with E-state index < -0.39 is 0 Å². The highest BCUT2D eigenvalue weighted by atomic mass is 35.5. The van der Waals surface area contributed by atoms with Crippen LogP contribution in [0.5, 0.6) is 0 Å². The van der Waals surface area contributed by atoms with E-state index in [2.05, 4.69) is 0 Å². The molecule has 0 saturated carbocycles. The van der Waals surface area contributed by atoms with Crippen molar-refractivity contribution in [2.24, 2.45) is 5.73 Å². The van der Waals surface area contributed by atoms with E-state index in [-0.39, 0.29) is 30.5 Å². The molecule has 2 aliphatic rings. The fraction of sp³-hybridized carbons (Fsp3) is 0.909. The Morgan fingerprint density at radius 2 is 2.12 bits per heavy atom. The predicted octanol–water partition coefficient (Wildman–Crippen LogP) is 0.927. The van der Waals surface area contributed by atoms with Crippen molar-refractivity contribution in [2.45, 2.75) is 44.2 Å². The van der Waals surface area contributed by atoms with Crippen LogP contribution < -0.4 is 5.73 Å². The largest absolute Gasteiger partial charge is 0.368 e. The SMILES string of the molecule is Cl.NCC1CCCN1C(=O)C1CCCCO1. The van der Waals surface area contributed by atoms with Crippen molar-refractivity contribution in [3.05, 3.63) is 0 Å². The summed E-state index contributed by atoms with van der Waals surface area (Å²) in [5, 5.41) is 0. The van der Waals surface area contributed by atoms with Crippen LogP contribution in [0.3, 0.4) is 0 Å². The molecule has 0 bridgehead atoms. The smallest absolute Gasteiger partial charge is 0.251 e. The lowest BCUT2D eigenvalue weighted by atomic mass is 10.1. The molecule has 2 N–H and O–H groups in total. The maximum Gasteiger partial charge on any atom is 0.251 e. The van der Waals surface area contributed by atoms with Gasteiger partial charge in [0.05, 0.1) is 0 Å². The first-order chi connectivity index (χ1) is 7.33. The molecule has 94 valence electrons. The van der Waals surface area contributed by atoms with Crippen molar-refractivity contribution in [1.82, 2.24) is 4.90 Å². The Labute approximate surface area is 103 Å². The zero-order valence-corrected chi connectivity index (χ0v) is 10.4. The van der Waals surface area contributed by atoms with Gasteiger partial charge in [0.15, 0.2) is 0 Å². The van der Waals surface area contributed by atoms with Crippen LogP contribution in [0.2, 0.25) is 0 Å². The summed E-state index contributed by atoms with van der Waals surface area (Å²) in [5.74, 6) is 0.169. The first kappa shape index (κ1) is 13.7. The molecule has 0 spiro atoms. The molecule has 0 aromatic carbocycles. The van der Waals surface area contributed by atoms with Gasteiger partial charge in [0.2, 0.25) is 0 Å². The fourth-order valence-corrected chi connectivity index (χ4v) is 2.49. The van der Waals surface area contributed by atoms with E-state index in [1.807, 2.05) is 4.90 Å². The van der Waals surface area contributed by atoms with Gasteiger partial charge in [0, 0.05) is 25.7 Å². The van der Waals surface area contributed by atoms with Crippen LogP contribution in [-0.2, 0) is 9.53 Å². The van der Waals surface area contributed by atoms with Crippen molar-refractivity contribution in [1.29, 1.82) is 0 Å². The van der Waals surface area contributed by atoms with Crippen molar-refractivity contribution < 1.29 is 9.53 Å². The Morgan fingerprint density at radius 3 is 2.75 bits per heavy atom. The van der Waals surface area contributed by atoms with E-state index in [4.69, 9.17) is 10.5 Å². The van der Waals surface area contributed by atoms with Crippen molar-refractivity contribution in [3.63, 3.8) is 0 Å². The number of nitrogens with zero attached hydrogens (tertiary/aromatic N) is 1. The average Bonchev–Trinajstić information content (AvgIpc) is 2.77. The summed E-state index contributed by atoms with van der Waals surface area (Å²) in [4.78, 5) is 14.0.